The second-order valence-electron chi connectivity index (χ2n) is 5.18. The van der Waals surface area contributed by atoms with Crippen LogP contribution in [0.25, 0.3) is 0 Å². The van der Waals surface area contributed by atoms with Crippen LogP contribution in [0.1, 0.15) is 23.5 Å². The number of carboxylic acid groups (broad SMARTS) is 1. The molecule has 21 heavy (non-hydrogen) atoms. The molecular weight excluding hydrogens is 307 g/mol. The minimum atomic E-state index is -4.59. The van der Waals surface area contributed by atoms with Gasteiger partial charge in [0.25, 0.3) is 0 Å². The minimum absolute atomic E-state index is 0.198. The number of nitrogens with one attached hydrogen (secondary N) is 1. The van der Waals surface area contributed by atoms with Crippen LogP contribution in [-0.2, 0) is 11.0 Å². The van der Waals surface area contributed by atoms with Gasteiger partial charge in [0, 0.05) is 16.5 Å². The summed E-state index contributed by atoms with van der Waals surface area (Å²) in [4.78, 5) is 11.2. The largest absolute Gasteiger partial charge is 0.548 e. The zero-order valence-corrected chi connectivity index (χ0v) is 11.3. The number of benzene rings is 1. The molecule has 1 aromatic carbocycles. The van der Waals surface area contributed by atoms with Gasteiger partial charge in [-0.1, -0.05) is 23.8 Å². The number of aliphatic carboxylic acids is 1. The fourth-order valence-corrected chi connectivity index (χ4v) is 3.42. The molecule has 2 aliphatic rings. The van der Waals surface area contributed by atoms with E-state index in [-0.39, 0.29) is 16.6 Å². The van der Waals surface area contributed by atoms with Crippen LogP contribution in [0.5, 0.6) is 0 Å². The summed E-state index contributed by atoms with van der Waals surface area (Å²) in [5.41, 5.74) is -0.855. The Balaban J connectivity index is 2.22. The Bertz CT molecular complexity index is 642. The third kappa shape index (κ3) is 2.18. The van der Waals surface area contributed by atoms with Gasteiger partial charge in [-0.25, -0.2) is 0 Å². The Kier molecular flexibility index (Phi) is 3.16. The Morgan fingerprint density at radius 2 is 2.10 bits per heavy atom. The molecule has 1 aromatic rings. The lowest BCUT2D eigenvalue weighted by molar-refractivity contribution is -0.308. The number of allylic oxidation sites excluding steroid dienone is 2. The van der Waals surface area contributed by atoms with Crippen LogP contribution in [-0.4, -0.2) is 12.0 Å². The van der Waals surface area contributed by atoms with Crippen LogP contribution < -0.4 is 10.4 Å². The summed E-state index contributed by atoms with van der Waals surface area (Å²) in [5, 5.41) is 13.9. The highest BCUT2D eigenvalue weighted by molar-refractivity contribution is 6.32. The van der Waals surface area contributed by atoms with Gasteiger partial charge in [-0.2, -0.15) is 13.2 Å². The number of rotatable bonds is 1. The molecule has 7 heteroatoms. The molecule has 0 amide bonds. The Hall–Kier alpha value is -1.69. The maximum atomic E-state index is 13.1. The van der Waals surface area contributed by atoms with Crippen molar-refractivity contribution in [2.75, 3.05) is 5.32 Å². The number of fused-ring (bicyclic) bond motifs is 3. The number of anilines is 1. The molecule has 1 heterocycles. The number of carbonyl (C=O) groups excluding carboxylic acids is 1. The molecule has 0 fully saturated rings. The van der Waals surface area contributed by atoms with Crippen molar-refractivity contribution in [2.24, 2.45) is 5.92 Å². The molecule has 3 atom stereocenters. The maximum absolute atomic E-state index is 13.1. The van der Waals surface area contributed by atoms with Crippen LogP contribution in [0, 0.1) is 5.92 Å². The summed E-state index contributed by atoms with van der Waals surface area (Å²) in [6.07, 6.45) is -0.652. The van der Waals surface area contributed by atoms with Crippen molar-refractivity contribution in [3.05, 3.63) is 40.4 Å². The quantitative estimate of drug-likeness (QED) is 0.810. The molecule has 0 radical (unpaired) electrons. The molecule has 112 valence electrons. The lowest BCUT2D eigenvalue weighted by Gasteiger charge is -2.39. The first-order valence-electron chi connectivity index (χ1n) is 6.34. The first-order valence-corrected chi connectivity index (χ1v) is 6.72. The molecule has 0 spiro atoms. The molecule has 3 rings (SSSR count). The Morgan fingerprint density at radius 3 is 2.71 bits per heavy atom. The van der Waals surface area contributed by atoms with Crippen molar-refractivity contribution in [2.45, 2.75) is 24.6 Å². The zero-order chi connectivity index (χ0) is 15.4. The summed E-state index contributed by atoms with van der Waals surface area (Å²) in [6, 6.07) is 0.893. The summed E-state index contributed by atoms with van der Waals surface area (Å²) in [6.45, 7) is 0. The minimum Gasteiger partial charge on any atom is -0.548 e. The first-order chi connectivity index (χ1) is 9.80. The van der Waals surface area contributed by atoms with Gasteiger partial charge >= 0.3 is 6.18 Å². The third-order valence-electron chi connectivity index (χ3n) is 4.03. The Morgan fingerprint density at radius 1 is 1.38 bits per heavy atom. The second-order valence-corrected chi connectivity index (χ2v) is 5.58. The highest BCUT2D eigenvalue weighted by Gasteiger charge is 2.43. The van der Waals surface area contributed by atoms with Gasteiger partial charge in [0.1, 0.15) is 0 Å². The second kappa shape index (κ2) is 4.66. The molecule has 1 N–H and O–H groups in total. The third-order valence-corrected chi connectivity index (χ3v) is 4.36. The molecule has 0 unspecified atom stereocenters. The van der Waals surface area contributed by atoms with E-state index in [0.717, 1.165) is 6.07 Å². The van der Waals surface area contributed by atoms with Gasteiger partial charge in [-0.15, -0.1) is 0 Å². The number of hydrogen-bond donors (Lipinski definition) is 1. The van der Waals surface area contributed by atoms with Crippen molar-refractivity contribution in [3.63, 3.8) is 0 Å². The van der Waals surface area contributed by atoms with E-state index in [9.17, 15) is 23.1 Å². The number of carboxylic acids is 1. The van der Waals surface area contributed by atoms with E-state index in [4.69, 9.17) is 11.6 Å². The van der Waals surface area contributed by atoms with E-state index in [2.05, 4.69) is 5.32 Å². The highest BCUT2D eigenvalue weighted by atomic mass is 35.5. The monoisotopic (exact) mass is 316 g/mol. The van der Waals surface area contributed by atoms with Gasteiger partial charge in [-0.3, -0.25) is 0 Å². The first kappa shape index (κ1) is 14.3. The fraction of sp³-hybridized carbons (Fsp3) is 0.357. The predicted octanol–water partition coefficient (Wildman–Crippen LogP) is 2.56. The number of halogens is 4. The van der Waals surface area contributed by atoms with Crippen molar-refractivity contribution < 1.29 is 23.1 Å². The fourth-order valence-electron chi connectivity index (χ4n) is 3.13. The van der Waals surface area contributed by atoms with Crippen LogP contribution in [0.4, 0.5) is 18.9 Å². The molecule has 1 aliphatic carbocycles. The molecule has 0 aromatic heterocycles. The predicted molar refractivity (Wildman–Crippen MR) is 68.9 cm³/mol. The average molecular weight is 317 g/mol. The van der Waals surface area contributed by atoms with Gasteiger partial charge in [0.15, 0.2) is 0 Å². The number of carbonyl (C=O) groups is 1. The van der Waals surface area contributed by atoms with E-state index < -0.39 is 29.7 Å². The van der Waals surface area contributed by atoms with E-state index in [0.29, 0.717) is 12.0 Å². The molecule has 0 bridgehead atoms. The topological polar surface area (TPSA) is 52.2 Å². The van der Waals surface area contributed by atoms with Gasteiger partial charge in [-0.05, 0) is 24.5 Å². The molecule has 0 saturated carbocycles. The van der Waals surface area contributed by atoms with Crippen molar-refractivity contribution >= 4 is 23.3 Å². The van der Waals surface area contributed by atoms with Crippen molar-refractivity contribution in [3.8, 4) is 0 Å². The van der Waals surface area contributed by atoms with Gasteiger partial charge in [0.2, 0.25) is 0 Å². The summed E-state index contributed by atoms with van der Waals surface area (Å²) in [7, 11) is 0. The van der Waals surface area contributed by atoms with Crippen LogP contribution in [0.3, 0.4) is 0 Å². The van der Waals surface area contributed by atoms with Crippen LogP contribution in [0.2, 0.25) is 5.02 Å². The van der Waals surface area contributed by atoms with E-state index in [1.807, 2.05) is 0 Å². The SMILES string of the molecule is O=C([O-])[C@@H]1Nc2c(C(F)(F)F)ccc(Cl)c2[C@@H]2C=CC[C@@H]12. The molecule has 3 nitrogen and oxygen atoms in total. The Labute approximate surface area is 123 Å². The van der Waals surface area contributed by atoms with Gasteiger partial charge in [0.05, 0.1) is 23.3 Å². The van der Waals surface area contributed by atoms with Crippen molar-refractivity contribution in [1.82, 2.24) is 0 Å². The van der Waals surface area contributed by atoms with E-state index >= 15 is 0 Å². The summed E-state index contributed by atoms with van der Waals surface area (Å²) < 4.78 is 39.3. The van der Waals surface area contributed by atoms with Gasteiger partial charge < -0.3 is 15.2 Å². The molecule has 1 aliphatic heterocycles. The van der Waals surface area contributed by atoms with E-state index in [1.165, 1.54) is 6.07 Å². The normalized spacial score (nSPS) is 27.0. The lowest BCUT2D eigenvalue weighted by Crippen LogP contribution is -2.49. The summed E-state index contributed by atoms with van der Waals surface area (Å²) in [5.74, 6) is -2.24. The lowest BCUT2D eigenvalue weighted by atomic mass is 9.78. The van der Waals surface area contributed by atoms with Crippen LogP contribution >= 0.6 is 11.6 Å². The number of alkyl halides is 3. The van der Waals surface area contributed by atoms with Crippen molar-refractivity contribution in [1.29, 1.82) is 0 Å². The smallest absolute Gasteiger partial charge is 0.418 e. The average Bonchev–Trinajstić information content (AvgIpc) is 2.84. The summed E-state index contributed by atoms with van der Waals surface area (Å²) >= 11 is 6.05. The molecule has 0 saturated heterocycles. The maximum Gasteiger partial charge on any atom is 0.418 e. The highest BCUT2D eigenvalue weighted by Crippen LogP contribution is 2.50. The van der Waals surface area contributed by atoms with Crippen LogP contribution in [0.15, 0.2) is 24.3 Å². The number of hydrogen-bond acceptors (Lipinski definition) is 3. The van der Waals surface area contributed by atoms with E-state index in [1.54, 1.807) is 12.2 Å². The zero-order valence-electron chi connectivity index (χ0n) is 10.6. The standard InChI is InChI=1S/C14H11ClF3NO2/c15-9-5-4-8(14(16,17)18)12-10(9)6-2-1-3-7(6)11(19-12)13(20)21/h1-2,4-7,11,19H,3H2,(H,20,21)/p-1/t6-,7-,11-/m1/s1. The molecular formula is C14H10ClF3NO2-.